The number of halogens is 3. The number of carbonyl (C=O) groups is 1. The van der Waals surface area contributed by atoms with Crippen LogP contribution in [0.1, 0.15) is 66.1 Å². The third-order valence-corrected chi connectivity index (χ3v) is 7.73. The van der Waals surface area contributed by atoms with Gasteiger partial charge in [-0.25, -0.2) is 18.2 Å². The lowest BCUT2D eigenvalue weighted by molar-refractivity contribution is 0.0673. The number of hydrogen-bond donors (Lipinski definition) is 2. The van der Waals surface area contributed by atoms with E-state index < -0.39 is 40.0 Å². The Morgan fingerprint density at radius 2 is 1.85 bits per heavy atom. The maximum atomic E-state index is 15.3. The lowest BCUT2D eigenvalue weighted by Gasteiger charge is -2.31. The van der Waals surface area contributed by atoms with E-state index in [0.717, 1.165) is 55.5 Å². The molecule has 1 aliphatic heterocycles. The molecule has 3 heterocycles. The summed E-state index contributed by atoms with van der Waals surface area (Å²) in [7, 11) is 0. The number of nitrogens with two attached hydrogens (primary N) is 1. The minimum Gasteiger partial charge on any atom is -0.381 e. The number of pyridine rings is 2. The van der Waals surface area contributed by atoms with Crippen molar-refractivity contribution in [2.75, 3.05) is 18.5 Å². The Balaban J connectivity index is 1.45. The predicted molar refractivity (Wildman–Crippen MR) is 138 cm³/mol. The lowest BCUT2D eigenvalue weighted by atomic mass is 9.75. The second-order valence-corrected chi connectivity index (χ2v) is 10.2. The highest BCUT2D eigenvalue weighted by Crippen LogP contribution is 2.38. The first kappa shape index (κ1) is 26.8. The van der Waals surface area contributed by atoms with Crippen LogP contribution >= 0.6 is 0 Å². The Morgan fingerprint density at radius 1 is 1.10 bits per heavy atom. The topological polar surface area (TPSA) is 114 Å². The number of carbonyl (C=O) groups excluding carboxylic acids is 1. The molecule has 1 amide bonds. The molecule has 2 unspecified atom stereocenters. The highest BCUT2D eigenvalue weighted by Gasteiger charge is 2.36. The molecule has 7 nitrogen and oxygen atoms in total. The van der Waals surface area contributed by atoms with Gasteiger partial charge in [0.25, 0.3) is 5.91 Å². The van der Waals surface area contributed by atoms with Gasteiger partial charge >= 0.3 is 0 Å². The first-order valence-electron chi connectivity index (χ1n) is 13.0. The number of amides is 1. The number of anilines is 1. The molecule has 3 N–H and O–H groups in total. The molecule has 202 valence electrons. The standard InChI is InChI=1S/C29H28F3N5O2/c30-21-4-5-24(28(38)37-25-15-35-9-6-20(25)17-2-1-3-19(34)12-17)36-27(21)26-22(31)13-18(14-23(26)32)29(16-33)7-10-39-11-8-29/h4-6,9,13-15,17,19H,1-3,7-8,10-12,34H2,(H,37,38). The molecule has 5 rings (SSSR count). The zero-order valence-electron chi connectivity index (χ0n) is 21.2. The summed E-state index contributed by atoms with van der Waals surface area (Å²) in [5.74, 6) is -3.65. The Morgan fingerprint density at radius 3 is 2.54 bits per heavy atom. The van der Waals surface area contributed by atoms with Crippen molar-refractivity contribution in [2.45, 2.75) is 55.9 Å². The number of nitrogens with one attached hydrogen (secondary N) is 1. The van der Waals surface area contributed by atoms with E-state index in [0.29, 0.717) is 5.69 Å². The van der Waals surface area contributed by atoms with Crippen LogP contribution in [0.3, 0.4) is 0 Å². The Hall–Kier alpha value is -3.81. The number of rotatable bonds is 5. The molecule has 10 heteroatoms. The van der Waals surface area contributed by atoms with Crippen LogP contribution in [-0.4, -0.2) is 35.1 Å². The Kier molecular flexibility index (Phi) is 7.64. The normalized spacial score (nSPS) is 20.7. The number of hydrogen-bond acceptors (Lipinski definition) is 6. The predicted octanol–water partition coefficient (Wildman–Crippen LogP) is 5.37. The summed E-state index contributed by atoms with van der Waals surface area (Å²) >= 11 is 0. The van der Waals surface area contributed by atoms with Gasteiger partial charge in [-0.05, 0) is 79.5 Å². The molecule has 1 aliphatic carbocycles. The van der Waals surface area contributed by atoms with Crippen LogP contribution in [0.4, 0.5) is 18.9 Å². The van der Waals surface area contributed by atoms with Crippen molar-refractivity contribution in [2.24, 2.45) is 5.73 Å². The molecular weight excluding hydrogens is 507 g/mol. The van der Waals surface area contributed by atoms with E-state index in [4.69, 9.17) is 10.5 Å². The molecule has 1 saturated heterocycles. The molecule has 2 aliphatic rings. The minimum atomic E-state index is -1.10. The Labute approximate surface area is 224 Å². The number of ether oxygens (including phenoxy) is 1. The summed E-state index contributed by atoms with van der Waals surface area (Å²) in [6, 6.07) is 8.26. The molecule has 2 atom stereocenters. The lowest BCUT2D eigenvalue weighted by Crippen LogP contribution is -2.32. The van der Waals surface area contributed by atoms with Gasteiger partial charge in [-0.1, -0.05) is 6.42 Å². The van der Waals surface area contributed by atoms with E-state index >= 15 is 8.78 Å². The fraction of sp³-hybridized carbons (Fsp3) is 0.379. The van der Waals surface area contributed by atoms with Gasteiger partial charge in [-0.2, -0.15) is 5.26 Å². The van der Waals surface area contributed by atoms with Gasteiger partial charge in [0.05, 0.1) is 28.9 Å². The molecular formula is C29H28F3N5O2. The zero-order valence-corrected chi connectivity index (χ0v) is 21.2. The van der Waals surface area contributed by atoms with Crippen molar-refractivity contribution in [1.82, 2.24) is 9.97 Å². The van der Waals surface area contributed by atoms with Crippen molar-refractivity contribution in [1.29, 1.82) is 5.26 Å². The first-order chi connectivity index (χ1) is 18.8. The second-order valence-electron chi connectivity index (χ2n) is 10.2. The minimum absolute atomic E-state index is 0.0763. The average Bonchev–Trinajstić information content (AvgIpc) is 2.94. The molecule has 1 saturated carbocycles. The van der Waals surface area contributed by atoms with Crippen molar-refractivity contribution < 1.29 is 22.7 Å². The summed E-state index contributed by atoms with van der Waals surface area (Å²) in [5.41, 5.74) is 5.03. The smallest absolute Gasteiger partial charge is 0.274 e. The van der Waals surface area contributed by atoms with Gasteiger partial charge in [-0.15, -0.1) is 0 Å². The maximum absolute atomic E-state index is 15.3. The largest absolute Gasteiger partial charge is 0.381 e. The SMILES string of the molecule is N#CC1(c2cc(F)c(-c3nc(C(=O)Nc4cnccc4C4CCCC(N)C4)ccc3F)c(F)c2)CCOCC1. The second kappa shape index (κ2) is 11.1. The van der Waals surface area contributed by atoms with Gasteiger partial charge in [0.1, 0.15) is 28.8 Å². The summed E-state index contributed by atoms with van der Waals surface area (Å²) in [6.45, 7) is 0.580. The van der Waals surface area contributed by atoms with Crippen LogP contribution in [0.2, 0.25) is 0 Å². The fourth-order valence-corrected chi connectivity index (χ4v) is 5.57. The molecule has 39 heavy (non-hydrogen) atoms. The van der Waals surface area contributed by atoms with Crippen molar-refractivity contribution in [3.8, 4) is 17.3 Å². The number of nitrogens with zero attached hydrogens (tertiary/aromatic N) is 3. The van der Waals surface area contributed by atoms with E-state index in [9.17, 15) is 14.4 Å². The number of aromatic nitrogens is 2. The van der Waals surface area contributed by atoms with E-state index in [-0.39, 0.29) is 49.3 Å². The highest BCUT2D eigenvalue weighted by atomic mass is 19.1. The number of nitriles is 1. The zero-order chi connectivity index (χ0) is 27.6. The van der Waals surface area contributed by atoms with Crippen molar-refractivity contribution in [3.63, 3.8) is 0 Å². The Bertz CT molecular complexity index is 1410. The van der Waals surface area contributed by atoms with E-state index in [1.807, 2.05) is 6.07 Å². The molecule has 3 aromatic rings. The quantitative estimate of drug-likeness (QED) is 0.454. The fourth-order valence-electron chi connectivity index (χ4n) is 5.57. The highest BCUT2D eigenvalue weighted by molar-refractivity contribution is 6.03. The van der Waals surface area contributed by atoms with Gasteiger partial charge in [-0.3, -0.25) is 9.78 Å². The summed E-state index contributed by atoms with van der Waals surface area (Å²) in [5, 5.41) is 12.5. The van der Waals surface area contributed by atoms with Crippen LogP contribution in [0.5, 0.6) is 0 Å². The van der Waals surface area contributed by atoms with E-state index in [1.165, 1.54) is 6.20 Å². The molecule has 2 fully saturated rings. The molecule has 0 radical (unpaired) electrons. The van der Waals surface area contributed by atoms with E-state index in [2.05, 4.69) is 21.4 Å². The molecule has 0 spiro atoms. The monoisotopic (exact) mass is 535 g/mol. The van der Waals surface area contributed by atoms with Crippen LogP contribution in [0.25, 0.3) is 11.3 Å². The van der Waals surface area contributed by atoms with Gasteiger partial charge in [0.2, 0.25) is 0 Å². The van der Waals surface area contributed by atoms with Crippen LogP contribution < -0.4 is 11.1 Å². The van der Waals surface area contributed by atoms with Crippen LogP contribution in [0.15, 0.2) is 42.7 Å². The van der Waals surface area contributed by atoms with Crippen LogP contribution in [-0.2, 0) is 10.2 Å². The third kappa shape index (κ3) is 5.37. The maximum Gasteiger partial charge on any atom is 0.274 e. The third-order valence-electron chi connectivity index (χ3n) is 7.73. The number of benzene rings is 1. The molecule has 0 bridgehead atoms. The average molecular weight is 536 g/mol. The summed E-state index contributed by atoms with van der Waals surface area (Å²) < 4.78 is 50.7. The van der Waals surface area contributed by atoms with E-state index in [1.54, 1.807) is 6.20 Å². The van der Waals surface area contributed by atoms with Gasteiger partial charge in [0, 0.05) is 25.5 Å². The van der Waals surface area contributed by atoms with Crippen LogP contribution in [0, 0.1) is 28.8 Å². The molecule has 2 aromatic heterocycles. The van der Waals surface area contributed by atoms with Gasteiger partial charge < -0.3 is 15.8 Å². The van der Waals surface area contributed by atoms with Crippen molar-refractivity contribution in [3.05, 3.63) is 77.0 Å². The van der Waals surface area contributed by atoms with Gasteiger partial charge in [0.15, 0.2) is 0 Å². The first-order valence-corrected chi connectivity index (χ1v) is 13.0. The summed E-state index contributed by atoms with van der Waals surface area (Å²) in [6.07, 6.45) is 7.37. The molecule has 1 aromatic carbocycles. The summed E-state index contributed by atoms with van der Waals surface area (Å²) in [4.78, 5) is 21.2. The van der Waals surface area contributed by atoms with Crippen molar-refractivity contribution >= 4 is 11.6 Å².